The fourth-order valence-electron chi connectivity index (χ4n) is 3.35. The van der Waals surface area contributed by atoms with Crippen LogP contribution in [0.3, 0.4) is 0 Å². The van der Waals surface area contributed by atoms with Gasteiger partial charge in [0.25, 0.3) is 0 Å². The first kappa shape index (κ1) is 23.7. The first-order valence-electron chi connectivity index (χ1n) is 10.1. The van der Waals surface area contributed by atoms with E-state index < -0.39 is 17.9 Å². The lowest BCUT2D eigenvalue weighted by atomic mass is 10.1. The van der Waals surface area contributed by atoms with E-state index in [1.54, 1.807) is 13.0 Å². The second-order valence-corrected chi connectivity index (χ2v) is 7.70. The summed E-state index contributed by atoms with van der Waals surface area (Å²) in [6.07, 6.45) is 8.79. The van der Waals surface area contributed by atoms with Crippen molar-refractivity contribution >= 4 is 12.0 Å². The minimum absolute atomic E-state index is 0.0431. The van der Waals surface area contributed by atoms with Crippen molar-refractivity contribution < 1.29 is 28.8 Å². The lowest BCUT2D eigenvalue weighted by molar-refractivity contribution is -0.143. The molecule has 0 spiro atoms. The molecule has 1 aromatic carbocycles. The van der Waals surface area contributed by atoms with Gasteiger partial charge in [-0.25, -0.2) is 4.79 Å². The van der Waals surface area contributed by atoms with Gasteiger partial charge in [0.2, 0.25) is 0 Å². The molecule has 30 heavy (non-hydrogen) atoms. The number of allylic oxidation sites excluding steroid dienone is 1. The lowest BCUT2D eigenvalue weighted by Gasteiger charge is -2.16. The van der Waals surface area contributed by atoms with Crippen LogP contribution < -0.4 is 4.74 Å². The van der Waals surface area contributed by atoms with Crippen molar-refractivity contribution in [3.8, 4) is 11.5 Å². The number of hydrogen-bond acceptors (Lipinski definition) is 6. The molecular weight excluding hydrogens is 384 g/mol. The summed E-state index contributed by atoms with van der Waals surface area (Å²) < 4.78 is 22.5. The molecule has 0 saturated carbocycles. The van der Waals surface area contributed by atoms with E-state index in [9.17, 15) is 9.90 Å². The van der Waals surface area contributed by atoms with E-state index in [0.717, 1.165) is 12.8 Å². The zero-order chi connectivity index (χ0) is 22.3. The highest BCUT2D eigenvalue weighted by atomic mass is 16.7. The molecule has 3 atom stereocenters. The Bertz CT molecular complexity index is 795. The van der Waals surface area contributed by atoms with Crippen LogP contribution in [0, 0.1) is 0 Å². The molecule has 1 fully saturated rings. The third-order valence-electron chi connectivity index (χ3n) is 4.76. The van der Waals surface area contributed by atoms with Crippen LogP contribution in [0.1, 0.15) is 56.0 Å². The molecule has 6 nitrogen and oxygen atoms in total. The van der Waals surface area contributed by atoms with Gasteiger partial charge in [-0.2, -0.15) is 0 Å². The zero-order valence-corrected chi connectivity index (χ0v) is 18.2. The van der Waals surface area contributed by atoms with Gasteiger partial charge in [-0.05, 0) is 45.2 Å². The van der Waals surface area contributed by atoms with E-state index in [-0.39, 0.29) is 23.5 Å². The predicted octanol–water partition coefficient (Wildman–Crippen LogP) is 5.02. The molecule has 1 aliphatic heterocycles. The van der Waals surface area contributed by atoms with E-state index in [4.69, 9.17) is 18.9 Å². The number of rotatable bonds is 10. The lowest BCUT2D eigenvalue weighted by Crippen LogP contribution is -2.21. The molecule has 1 N–H and O–H groups in total. The number of ether oxygens (including phenoxy) is 4. The monoisotopic (exact) mass is 416 g/mol. The number of benzene rings is 1. The van der Waals surface area contributed by atoms with E-state index in [1.807, 2.05) is 32.1 Å². The Balaban J connectivity index is 1.99. The Morgan fingerprint density at radius 1 is 1.33 bits per heavy atom. The maximum atomic E-state index is 12.6. The molecule has 1 heterocycles. The van der Waals surface area contributed by atoms with Crippen molar-refractivity contribution in [2.45, 2.75) is 64.1 Å². The molecule has 1 aromatic rings. The summed E-state index contributed by atoms with van der Waals surface area (Å²) in [7, 11) is 1.48. The molecule has 1 aliphatic rings. The largest absolute Gasteiger partial charge is 0.507 e. The summed E-state index contributed by atoms with van der Waals surface area (Å²) in [4.78, 5) is 12.6. The minimum atomic E-state index is -0.633. The first-order valence-corrected chi connectivity index (χ1v) is 10.1. The number of methoxy groups -OCH3 is 1. The molecular formula is C24H32O6. The molecule has 6 heteroatoms. The Morgan fingerprint density at radius 2 is 2.07 bits per heavy atom. The number of phenolic OH excluding ortho intramolecular Hbond substituents is 1. The molecule has 1 saturated heterocycles. The molecule has 0 unspecified atom stereocenters. The van der Waals surface area contributed by atoms with Crippen molar-refractivity contribution in [1.29, 1.82) is 0 Å². The van der Waals surface area contributed by atoms with Crippen LogP contribution in [0.25, 0.3) is 6.08 Å². The summed E-state index contributed by atoms with van der Waals surface area (Å²) in [5, 5.41) is 10.2. The van der Waals surface area contributed by atoms with Gasteiger partial charge >= 0.3 is 5.97 Å². The van der Waals surface area contributed by atoms with Crippen molar-refractivity contribution in [2.24, 2.45) is 0 Å². The van der Waals surface area contributed by atoms with Crippen molar-refractivity contribution in [1.82, 2.24) is 0 Å². The quantitative estimate of drug-likeness (QED) is 0.426. The summed E-state index contributed by atoms with van der Waals surface area (Å²) in [5.41, 5.74) is 0.517. The van der Waals surface area contributed by atoms with Crippen molar-refractivity contribution in [2.75, 3.05) is 7.11 Å². The van der Waals surface area contributed by atoms with Crippen LogP contribution in [0.15, 0.2) is 43.5 Å². The van der Waals surface area contributed by atoms with Crippen LogP contribution in [0.2, 0.25) is 0 Å². The normalized spacial score (nSPS) is 21.3. The van der Waals surface area contributed by atoms with Gasteiger partial charge in [-0.1, -0.05) is 30.9 Å². The summed E-state index contributed by atoms with van der Waals surface area (Å²) in [6.45, 7) is 13.0. The van der Waals surface area contributed by atoms with E-state index >= 15 is 0 Å². The van der Waals surface area contributed by atoms with Gasteiger partial charge in [0.15, 0.2) is 5.79 Å². The Labute approximate surface area is 178 Å². The van der Waals surface area contributed by atoms with Crippen LogP contribution in [0.4, 0.5) is 0 Å². The summed E-state index contributed by atoms with van der Waals surface area (Å²) in [6, 6.07) is 2.99. The molecule has 0 radical (unpaired) electrons. The third kappa shape index (κ3) is 6.21. The SMILES string of the molecule is C=CCC[C@@H]1OC(C)(C)O[C@H]1/C=C/C[C@H](C)OC(=O)c1c(O)cc(OC)cc1C=C. The number of carbonyl (C=O) groups is 1. The van der Waals surface area contributed by atoms with Gasteiger partial charge in [0.1, 0.15) is 29.3 Å². The first-order chi connectivity index (χ1) is 14.2. The second-order valence-electron chi connectivity index (χ2n) is 7.70. The van der Waals surface area contributed by atoms with Gasteiger partial charge in [0, 0.05) is 12.5 Å². The van der Waals surface area contributed by atoms with E-state index in [1.165, 1.54) is 19.3 Å². The highest BCUT2D eigenvalue weighted by Crippen LogP contribution is 2.32. The third-order valence-corrected chi connectivity index (χ3v) is 4.76. The molecule has 2 rings (SSSR count). The Kier molecular flexibility index (Phi) is 8.26. The standard InChI is InChI=1S/C24H32O6/c1-7-9-12-20-21(30-24(4,5)29-20)13-10-11-16(3)28-23(26)22-17(8-2)14-18(27-6)15-19(22)25/h7-8,10,13-16,20-21,25H,1-2,9,11-12H2,3-6H3/b13-10+/t16-,20-,21-/m0/s1. The second kappa shape index (κ2) is 10.5. The fraction of sp³-hybridized carbons (Fsp3) is 0.458. The predicted molar refractivity (Wildman–Crippen MR) is 117 cm³/mol. The minimum Gasteiger partial charge on any atom is -0.507 e. The average Bonchev–Trinajstić information content (AvgIpc) is 2.98. The van der Waals surface area contributed by atoms with E-state index in [2.05, 4.69) is 13.2 Å². The number of aromatic hydroxyl groups is 1. The summed E-state index contributed by atoms with van der Waals surface area (Å²) in [5.74, 6) is -1.02. The molecule has 0 bridgehead atoms. The van der Waals surface area contributed by atoms with Crippen molar-refractivity contribution in [3.05, 3.63) is 54.6 Å². The Morgan fingerprint density at radius 3 is 2.70 bits per heavy atom. The number of hydrogen-bond donors (Lipinski definition) is 1. The number of carbonyl (C=O) groups excluding carboxylic acids is 1. The molecule has 0 aromatic heterocycles. The van der Waals surface area contributed by atoms with Crippen LogP contribution in [-0.4, -0.2) is 42.3 Å². The van der Waals surface area contributed by atoms with Crippen molar-refractivity contribution in [3.63, 3.8) is 0 Å². The highest BCUT2D eigenvalue weighted by Gasteiger charge is 2.39. The van der Waals surface area contributed by atoms with Crippen LogP contribution in [0.5, 0.6) is 11.5 Å². The van der Waals surface area contributed by atoms with Gasteiger partial charge < -0.3 is 24.1 Å². The number of esters is 1. The molecule has 0 aliphatic carbocycles. The maximum absolute atomic E-state index is 12.6. The Hall–Kier alpha value is -2.57. The number of phenols is 1. The molecule has 164 valence electrons. The highest BCUT2D eigenvalue weighted by molar-refractivity contribution is 5.97. The van der Waals surface area contributed by atoms with Crippen LogP contribution in [-0.2, 0) is 14.2 Å². The zero-order valence-electron chi connectivity index (χ0n) is 18.2. The van der Waals surface area contributed by atoms with Gasteiger partial charge in [0.05, 0.1) is 13.2 Å². The summed E-state index contributed by atoms with van der Waals surface area (Å²) >= 11 is 0. The smallest absolute Gasteiger partial charge is 0.342 e. The van der Waals surface area contributed by atoms with Gasteiger partial charge in [-0.15, -0.1) is 6.58 Å². The van der Waals surface area contributed by atoms with Crippen LogP contribution >= 0.6 is 0 Å². The fourth-order valence-corrected chi connectivity index (χ4v) is 3.35. The van der Waals surface area contributed by atoms with Gasteiger partial charge in [-0.3, -0.25) is 0 Å². The van der Waals surface area contributed by atoms with E-state index in [0.29, 0.717) is 17.7 Å². The topological polar surface area (TPSA) is 74.2 Å². The maximum Gasteiger partial charge on any atom is 0.342 e. The average molecular weight is 417 g/mol. The molecule has 0 amide bonds.